The smallest absolute Gasteiger partial charge is 0.183 e. The van der Waals surface area contributed by atoms with Crippen LogP contribution in [0.3, 0.4) is 0 Å². The Labute approximate surface area is 121 Å². The fraction of sp³-hybridized carbons (Fsp3) is 0.429. The van der Waals surface area contributed by atoms with Crippen molar-refractivity contribution in [3.8, 4) is 11.4 Å². The van der Waals surface area contributed by atoms with Gasteiger partial charge in [0.05, 0.1) is 11.3 Å². The molecule has 1 saturated carbocycles. The number of rotatable bonds is 3. The Bertz CT molecular complexity index is 825. The molecule has 0 atom stereocenters. The van der Waals surface area contributed by atoms with Crippen molar-refractivity contribution in [2.24, 2.45) is 7.05 Å². The van der Waals surface area contributed by atoms with Crippen LogP contribution < -0.4 is 5.32 Å². The molecule has 0 unspecified atom stereocenters. The molecule has 108 valence electrons. The van der Waals surface area contributed by atoms with Crippen LogP contribution in [0.25, 0.3) is 22.6 Å². The lowest BCUT2D eigenvalue weighted by molar-refractivity contribution is 0.731. The Kier molecular flexibility index (Phi) is 2.51. The topological polar surface area (TPSA) is 84.3 Å². The van der Waals surface area contributed by atoms with E-state index in [0.717, 1.165) is 34.1 Å². The summed E-state index contributed by atoms with van der Waals surface area (Å²) in [6.07, 6.45) is 3.96. The first-order chi connectivity index (χ1) is 10.1. The van der Waals surface area contributed by atoms with Gasteiger partial charge in [-0.1, -0.05) is 0 Å². The van der Waals surface area contributed by atoms with E-state index >= 15 is 0 Å². The lowest BCUT2D eigenvalue weighted by Gasteiger charge is -2.02. The van der Waals surface area contributed by atoms with Crippen molar-refractivity contribution in [3.63, 3.8) is 0 Å². The molecule has 0 aliphatic heterocycles. The van der Waals surface area contributed by atoms with Crippen LogP contribution in [0, 0.1) is 13.8 Å². The first-order valence-electron chi connectivity index (χ1n) is 7.11. The summed E-state index contributed by atoms with van der Waals surface area (Å²) in [5.74, 6) is 1.63. The third kappa shape index (κ3) is 1.96. The first-order valence-corrected chi connectivity index (χ1v) is 7.11. The van der Waals surface area contributed by atoms with E-state index in [1.807, 2.05) is 25.6 Å². The van der Waals surface area contributed by atoms with Crippen molar-refractivity contribution in [2.45, 2.75) is 32.7 Å². The van der Waals surface area contributed by atoms with E-state index in [4.69, 9.17) is 0 Å². The minimum Gasteiger partial charge on any atom is -0.365 e. The van der Waals surface area contributed by atoms with E-state index in [9.17, 15) is 0 Å². The van der Waals surface area contributed by atoms with Crippen LogP contribution in [0.2, 0.25) is 0 Å². The molecule has 0 radical (unpaired) electrons. The van der Waals surface area contributed by atoms with E-state index in [0.29, 0.717) is 11.7 Å². The van der Waals surface area contributed by atoms with Crippen LogP contribution in [0.5, 0.6) is 0 Å². The molecule has 21 heavy (non-hydrogen) atoms. The lowest BCUT2D eigenvalue weighted by Crippen LogP contribution is -2.03. The summed E-state index contributed by atoms with van der Waals surface area (Å²) in [4.78, 5) is 16.6. The second kappa shape index (κ2) is 4.28. The molecular weight excluding hydrogens is 266 g/mol. The third-order valence-electron chi connectivity index (χ3n) is 3.95. The van der Waals surface area contributed by atoms with E-state index in [2.05, 4.69) is 30.4 Å². The summed E-state index contributed by atoms with van der Waals surface area (Å²) in [5.41, 5.74) is 4.62. The highest BCUT2D eigenvalue weighted by Crippen LogP contribution is 2.30. The number of aromatic nitrogens is 6. The van der Waals surface area contributed by atoms with Gasteiger partial charge >= 0.3 is 0 Å². The fourth-order valence-corrected chi connectivity index (χ4v) is 2.59. The van der Waals surface area contributed by atoms with Crippen LogP contribution in [-0.4, -0.2) is 35.8 Å². The summed E-state index contributed by atoms with van der Waals surface area (Å²) in [7, 11) is 1.94. The predicted octanol–water partition coefficient (Wildman–Crippen LogP) is 1.94. The van der Waals surface area contributed by atoms with Crippen LogP contribution >= 0.6 is 0 Å². The number of fused-ring (bicyclic) bond motifs is 1. The van der Waals surface area contributed by atoms with Gasteiger partial charge in [0.25, 0.3) is 0 Å². The number of nitrogens with one attached hydrogen (secondary N) is 2. The molecule has 0 saturated heterocycles. The van der Waals surface area contributed by atoms with Crippen molar-refractivity contribution < 1.29 is 0 Å². The van der Waals surface area contributed by atoms with Gasteiger partial charge in [-0.25, -0.2) is 15.0 Å². The number of nitrogens with zero attached hydrogens (tertiary/aromatic N) is 5. The Morgan fingerprint density at radius 3 is 2.76 bits per heavy atom. The zero-order valence-corrected chi connectivity index (χ0v) is 12.3. The van der Waals surface area contributed by atoms with Gasteiger partial charge in [0.2, 0.25) is 0 Å². The summed E-state index contributed by atoms with van der Waals surface area (Å²) in [6, 6.07) is 0.539. The molecule has 0 bridgehead atoms. The minimum absolute atomic E-state index is 0.539. The van der Waals surface area contributed by atoms with Gasteiger partial charge < -0.3 is 10.3 Å². The number of aryl methyl sites for hydroxylation is 2. The monoisotopic (exact) mass is 283 g/mol. The van der Waals surface area contributed by atoms with Crippen LogP contribution in [0.15, 0.2) is 6.33 Å². The standard InChI is InChI=1S/C14H17N7/c1-7-10(8(2)21(3)20-7)12-18-11-13(17-9-4-5-9)15-6-16-14(11)19-12/h6,9H,4-5H2,1-3H3,(H2,15,16,17,18,19). The highest BCUT2D eigenvalue weighted by atomic mass is 15.3. The second-order valence-electron chi connectivity index (χ2n) is 5.59. The quantitative estimate of drug-likeness (QED) is 0.767. The van der Waals surface area contributed by atoms with Gasteiger partial charge in [-0.05, 0) is 26.7 Å². The molecule has 0 spiro atoms. The number of hydrogen-bond acceptors (Lipinski definition) is 5. The molecule has 7 nitrogen and oxygen atoms in total. The average Bonchev–Trinajstić information content (AvgIpc) is 3.09. The molecule has 0 aromatic carbocycles. The minimum atomic E-state index is 0.539. The van der Waals surface area contributed by atoms with Gasteiger partial charge in [-0.15, -0.1) is 0 Å². The van der Waals surface area contributed by atoms with Crippen LogP contribution in [0.1, 0.15) is 24.2 Å². The zero-order valence-electron chi connectivity index (χ0n) is 12.3. The molecule has 0 amide bonds. The van der Waals surface area contributed by atoms with Crippen molar-refractivity contribution in [3.05, 3.63) is 17.7 Å². The summed E-state index contributed by atoms with van der Waals surface area (Å²) in [6.45, 7) is 4.03. The first kappa shape index (κ1) is 12.3. The summed E-state index contributed by atoms with van der Waals surface area (Å²) < 4.78 is 1.87. The Morgan fingerprint density at radius 2 is 2.10 bits per heavy atom. The number of H-pyrrole nitrogens is 1. The largest absolute Gasteiger partial charge is 0.365 e. The number of hydrogen-bond donors (Lipinski definition) is 2. The highest BCUT2D eigenvalue weighted by molar-refractivity contribution is 5.86. The Morgan fingerprint density at radius 1 is 1.29 bits per heavy atom. The molecule has 3 aromatic heterocycles. The van der Waals surface area contributed by atoms with Crippen molar-refractivity contribution in [2.75, 3.05) is 5.32 Å². The highest BCUT2D eigenvalue weighted by Gasteiger charge is 2.23. The molecule has 1 fully saturated rings. The normalized spacial score (nSPS) is 14.8. The SMILES string of the molecule is Cc1nn(C)c(C)c1-c1nc2ncnc(NC3CC3)c2[nH]1. The number of imidazole rings is 1. The van der Waals surface area contributed by atoms with E-state index in [1.165, 1.54) is 12.8 Å². The maximum Gasteiger partial charge on any atom is 0.183 e. The molecule has 1 aliphatic carbocycles. The number of aromatic amines is 1. The zero-order chi connectivity index (χ0) is 14.6. The van der Waals surface area contributed by atoms with Crippen molar-refractivity contribution >= 4 is 17.0 Å². The summed E-state index contributed by atoms with van der Waals surface area (Å²) in [5, 5.41) is 7.86. The van der Waals surface area contributed by atoms with Crippen LogP contribution in [-0.2, 0) is 7.05 Å². The maximum atomic E-state index is 4.61. The van der Waals surface area contributed by atoms with Gasteiger partial charge in [0.15, 0.2) is 11.5 Å². The Balaban J connectivity index is 1.86. The predicted molar refractivity (Wildman–Crippen MR) is 80.0 cm³/mol. The second-order valence-corrected chi connectivity index (χ2v) is 5.59. The van der Waals surface area contributed by atoms with Crippen molar-refractivity contribution in [1.82, 2.24) is 29.7 Å². The van der Waals surface area contributed by atoms with E-state index < -0.39 is 0 Å². The molecule has 7 heteroatoms. The van der Waals surface area contributed by atoms with E-state index in [-0.39, 0.29) is 0 Å². The maximum absolute atomic E-state index is 4.61. The Hall–Kier alpha value is -2.44. The van der Waals surface area contributed by atoms with Gasteiger partial charge in [-0.2, -0.15) is 5.10 Å². The fourth-order valence-electron chi connectivity index (χ4n) is 2.59. The van der Waals surface area contributed by atoms with Crippen molar-refractivity contribution in [1.29, 1.82) is 0 Å². The average molecular weight is 283 g/mol. The number of anilines is 1. The van der Waals surface area contributed by atoms with E-state index in [1.54, 1.807) is 6.33 Å². The molecule has 2 N–H and O–H groups in total. The third-order valence-corrected chi connectivity index (χ3v) is 3.95. The molecule has 3 aromatic rings. The van der Waals surface area contributed by atoms with Gasteiger partial charge in [0, 0.05) is 18.8 Å². The molecule has 4 rings (SSSR count). The lowest BCUT2D eigenvalue weighted by atomic mass is 10.2. The summed E-state index contributed by atoms with van der Waals surface area (Å²) >= 11 is 0. The van der Waals surface area contributed by atoms with Crippen LogP contribution in [0.4, 0.5) is 5.82 Å². The van der Waals surface area contributed by atoms with Gasteiger partial charge in [-0.3, -0.25) is 4.68 Å². The molecule has 3 heterocycles. The molecular formula is C14H17N7. The molecule has 1 aliphatic rings. The van der Waals surface area contributed by atoms with Gasteiger partial charge in [0.1, 0.15) is 17.7 Å².